The molecule has 0 aliphatic rings. The summed E-state index contributed by atoms with van der Waals surface area (Å²) in [7, 11) is -4.15. The molecule has 0 spiro atoms. The van der Waals surface area contributed by atoms with Crippen LogP contribution in [0.15, 0.2) is 21.4 Å². The van der Waals surface area contributed by atoms with Crippen molar-refractivity contribution in [3.63, 3.8) is 0 Å². The van der Waals surface area contributed by atoms with Gasteiger partial charge in [0.05, 0.1) is 15.7 Å². The second-order valence-corrected chi connectivity index (χ2v) is 7.54. The van der Waals surface area contributed by atoms with Crippen LogP contribution in [0, 0.1) is 13.8 Å². The summed E-state index contributed by atoms with van der Waals surface area (Å²) in [5.41, 5.74) is 4.82. The molecule has 0 saturated carbocycles. The highest BCUT2D eigenvalue weighted by molar-refractivity contribution is 7.89. The number of hydrogen-bond donors (Lipinski definition) is 3. The number of anilines is 1. The van der Waals surface area contributed by atoms with Crippen LogP contribution in [0.1, 0.15) is 21.9 Å². The monoisotopic (exact) mass is 411 g/mol. The first-order valence-corrected chi connectivity index (χ1v) is 9.04. The van der Waals surface area contributed by atoms with Gasteiger partial charge in [-0.2, -0.15) is 0 Å². The van der Waals surface area contributed by atoms with Gasteiger partial charge < -0.3 is 4.42 Å². The maximum Gasteiger partial charge on any atom is 0.274 e. The number of primary sulfonamides is 1. The average Bonchev–Trinajstić information content (AvgIpc) is 2.71. The third-order valence-corrected chi connectivity index (χ3v) is 4.90. The largest absolute Gasteiger partial charge is 0.464 e. The van der Waals surface area contributed by atoms with Gasteiger partial charge in [-0.3, -0.25) is 15.6 Å². The minimum Gasteiger partial charge on any atom is -0.464 e. The Hall–Kier alpha value is -1.45. The Morgan fingerprint density at radius 3 is 2.17 bits per heavy atom. The number of hydrogen-bond acceptors (Lipinski definition) is 5. The van der Waals surface area contributed by atoms with Gasteiger partial charge in [0.1, 0.15) is 22.0 Å². The van der Waals surface area contributed by atoms with Crippen LogP contribution in [0.5, 0.6) is 0 Å². The number of nitrogens with one attached hydrogen (secondary N) is 2. The lowest BCUT2D eigenvalue weighted by Crippen LogP contribution is -2.31. The number of aryl methyl sites for hydroxylation is 2. The Morgan fingerprint density at radius 1 is 1.12 bits per heavy atom. The lowest BCUT2D eigenvalue weighted by molar-refractivity contribution is 0.0958. The van der Waals surface area contributed by atoms with Crippen LogP contribution < -0.4 is 16.0 Å². The Morgan fingerprint density at radius 2 is 1.67 bits per heavy atom. The topological polar surface area (TPSA) is 114 Å². The number of rotatable bonds is 4. The molecule has 7 nitrogen and oxygen atoms in total. The molecule has 24 heavy (non-hydrogen) atoms. The number of halogens is 3. The summed E-state index contributed by atoms with van der Waals surface area (Å²) >= 11 is 17.8. The molecule has 130 valence electrons. The van der Waals surface area contributed by atoms with E-state index in [9.17, 15) is 13.2 Å². The van der Waals surface area contributed by atoms with Gasteiger partial charge in [0.2, 0.25) is 10.0 Å². The molecule has 0 fully saturated rings. The van der Waals surface area contributed by atoms with E-state index in [1.54, 1.807) is 0 Å². The summed E-state index contributed by atoms with van der Waals surface area (Å²) in [6, 6.07) is 2.85. The molecule has 2 aromatic rings. The van der Waals surface area contributed by atoms with E-state index in [1.165, 1.54) is 26.0 Å². The fourth-order valence-corrected chi connectivity index (χ4v) is 3.99. The van der Waals surface area contributed by atoms with E-state index in [0.29, 0.717) is 5.02 Å². The van der Waals surface area contributed by atoms with E-state index in [0.717, 1.165) is 0 Å². The molecular weight excluding hydrogens is 401 g/mol. The lowest BCUT2D eigenvalue weighted by atomic mass is 10.2. The van der Waals surface area contributed by atoms with Crippen molar-refractivity contribution in [2.24, 2.45) is 5.14 Å². The molecule has 4 N–H and O–H groups in total. The van der Waals surface area contributed by atoms with Crippen molar-refractivity contribution in [1.82, 2.24) is 5.43 Å². The van der Waals surface area contributed by atoms with Gasteiger partial charge >= 0.3 is 0 Å². The lowest BCUT2D eigenvalue weighted by Gasteiger charge is -2.12. The van der Waals surface area contributed by atoms with Crippen molar-refractivity contribution in [2.45, 2.75) is 18.7 Å². The van der Waals surface area contributed by atoms with Crippen LogP contribution in [-0.2, 0) is 10.0 Å². The van der Waals surface area contributed by atoms with Gasteiger partial charge in [-0.05, 0) is 26.0 Å². The number of nitrogens with two attached hydrogens (primary N) is 1. The average molecular weight is 413 g/mol. The van der Waals surface area contributed by atoms with Crippen LogP contribution in [0.2, 0.25) is 15.1 Å². The van der Waals surface area contributed by atoms with E-state index < -0.39 is 15.9 Å². The zero-order valence-electron chi connectivity index (χ0n) is 12.4. The molecule has 1 amide bonds. The number of hydrazine groups is 1. The third kappa shape index (κ3) is 3.79. The van der Waals surface area contributed by atoms with E-state index in [1.807, 2.05) is 0 Å². The van der Waals surface area contributed by atoms with Gasteiger partial charge in [0, 0.05) is 5.02 Å². The van der Waals surface area contributed by atoms with E-state index >= 15 is 0 Å². The summed E-state index contributed by atoms with van der Waals surface area (Å²) in [6.07, 6.45) is 0. The van der Waals surface area contributed by atoms with E-state index in [-0.39, 0.29) is 37.7 Å². The van der Waals surface area contributed by atoms with Crippen LogP contribution >= 0.6 is 34.8 Å². The maximum atomic E-state index is 12.3. The van der Waals surface area contributed by atoms with Crippen molar-refractivity contribution in [2.75, 3.05) is 5.43 Å². The SMILES string of the molecule is Cc1oc(C)c(S(N)(=O)=O)c1C(=O)NNc1c(Cl)cc(Cl)cc1Cl. The van der Waals surface area contributed by atoms with Gasteiger partial charge in [-0.1, -0.05) is 34.8 Å². The van der Waals surface area contributed by atoms with E-state index in [2.05, 4.69) is 10.9 Å². The molecule has 11 heteroatoms. The molecule has 0 aliphatic heterocycles. The Balaban J connectivity index is 2.33. The summed E-state index contributed by atoms with van der Waals surface area (Å²) < 4.78 is 28.5. The molecule has 2 rings (SSSR count). The highest BCUT2D eigenvalue weighted by Crippen LogP contribution is 2.33. The molecule has 0 bridgehead atoms. The second-order valence-electron chi connectivity index (χ2n) is 4.79. The first kappa shape index (κ1) is 18.9. The van der Waals surface area contributed by atoms with Crippen LogP contribution in [0.3, 0.4) is 0 Å². The smallest absolute Gasteiger partial charge is 0.274 e. The normalized spacial score (nSPS) is 11.4. The zero-order chi connectivity index (χ0) is 18.2. The molecule has 0 atom stereocenters. The molecular formula is C13H12Cl3N3O4S. The van der Waals surface area contributed by atoms with Gasteiger partial charge in [-0.15, -0.1) is 0 Å². The van der Waals surface area contributed by atoms with Crippen molar-refractivity contribution in [3.05, 3.63) is 44.3 Å². The van der Waals surface area contributed by atoms with E-state index in [4.69, 9.17) is 44.4 Å². The van der Waals surface area contributed by atoms with Gasteiger partial charge in [0.25, 0.3) is 5.91 Å². The number of carbonyl (C=O) groups is 1. The molecule has 1 aromatic heterocycles. The first-order chi connectivity index (χ1) is 11.0. The van der Waals surface area contributed by atoms with Crippen LogP contribution in [-0.4, -0.2) is 14.3 Å². The summed E-state index contributed by atoms with van der Waals surface area (Å²) in [4.78, 5) is 12.0. The summed E-state index contributed by atoms with van der Waals surface area (Å²) in [6.45, 7) is 2.84. The summed E-state index contributed by atoms with van der Waals surface area (Å²) in [5.74, 6) is -0.665. The number of amides is 1. The Kier molecular flexibility index (Phi) is 5.36. The first-order valence-electron chi connectivity index (χ1n) is 6.36. The molecule has 1 heterocycles. The highest BCUT2D eigenvalue weighted by atomic mass is 35.5. The highest BCUT2D eigenvalue weighted by Gasteiger charge is 2.28. The third-order valence-electron chi connectivity index (χ3n) is 3.02. The van der Waals surface area contributed by atoms with Gasteiger partial charge in [0.15, 0.2) is 0 Å². The minimum atomic E-state index is -4.15. The number of benzene rings is 1. The zero-order valence-corrected chi connectivity index (χ0v) is 15.5. The predicted octanol–water partition coefficient (Wildman–Crippen LogP) is 3.26. The Bertz CT molecular complexity index is 902. The fraction of sp³-hybridized carbons (Fsp3) is 0.154. The number of furan rings is 1. The number of sulfonamides is 1. The Labute approximate surface area is 153 Å². The molecule has 0 radical (unpaired) electrons. The van der Waals surface area contributed by atoms with Crippen LogP contribution in [0.25, 0.3) is 0 Å². The van der Waals surface area contributed by atoms with Crippen molar-refractivity contribution >= 4 is 56.4 Å². The summed E-state index contributed by atoms with van der Waals surface area (Å²) in [5, 5.41) is 5.79. The fourth-order valence-electron chi connectivity index (χ4n) is 2.11. The standard InChI is InChI=1S/C13H12Cl3N3O4S/c1-5-10(12(6(2)23-5)24(17,21)22)13(20)19-18-11-8(15)3-7(14)4-9(11)16/h3-4,18H,1-2H3,(H,19,20)(H2,17,21,22). The van der Waals surface area contributed by atoms with Crippen LogP contribution in [0.4, 0.5) is 5.69 Å². The molecule has 1 aromatic carbocycles. The van der Waals surface area contributed by atoms with Crippen molar-refractivity contribution in [3.8, 4) is 0 Å². The minimum absolute atomic E-state index is 0.0164. The van der Waals surface area contributed by atoms with Gasteiger partial charge in [-0.25, -0.2) is 13.6 Å². The van der Waals surface area contributed by atoms with Crippen molar-refractivity contribution < 1.29 is 17.6 Å². The predicted molar refractivity (Wildman–Crippen MR) is 92.1 cm³/mol. The molecule has 0 saturated heterocycles. The molecule has 0 unspecified atom stereocenters. The molecule has 0 aliphatic carbocycles. The second kappa shape index (κ2) is 6.81. The number of carbonyl (C=O) groups excluding carboxylic acids is 1. The maximum absolute atomic E-state index is 12.3. The van der Waals surface area contributed by atoms with Crippen molar-refractivity contribution in [1.29, 1.82) is 0 Å². The quantitative estimate of drug-likeness (QED) is 0.667.